The zero-order valence-electron chi connectivity index (χ0n) is 8.87. The molecule has 1 aliphatic heterocycles. The van der Waals surface area contributed by atoms with Gasteiger partial charge in [-0.3, -0.25) is 0 Å². The second-order valence-corrected chi connectivity index (χ2v) is 4.26. The summed E-state index contributed by atoms with van der Waals surface area (Å²) in [5, 5.41) is 2.63. The average Bonchev–Trinajstić information content (AvgIpc) is 2.76. The Morgan fingerprint density at radius 1 is 1.64 bits per heavy atom. The number of carbonyl (C=O) groups excluding carboxylic acids is 1. The predicted molar refractivity (Wildman–Crippen MR) is 53.1 cm³/mol. The van der Waals surface area contributed by atoms with Gasteiger partial charge in [-0.05, 0) is 20.8 Å². The first-order valence-corrected chi connectivity index (χ1v) is 4.67. The van der Waals surface area contributed by atoms with Crippen molar-refractivity contribution >= 4 is 6.09 Å². The van der Waals surface area contributed by atoms with Crippen LogP contribution < -0.4 is 5.32 Å². The standard InChI is InChI=1S/C10H17NO3/c1-5-7-8(13-7)6-11-9(12)14-10(2,3)4/h5,7-8H,1,6H2,2-4H3,(H,11,12)/t7-,8+/m1/s1. The van der Waals surface area contributed by atoms with Crippen LogP contribution in [-0.4, -0.2) is 30.4 Å². The number of amides is 1. The Morgan fingerprint density at radius 3 is 2.71 bits per heavy atom. The van der Waals surface area contributed by atoms with Gasteiger partial charge in [-0.2, -0.15) is 0 Å². The molecule has 1 amide bonds. The minimum atomic E-state index is -0.452. The van der Waals surface area contributed by atoms with Gasteiger partial charge in [-0.1, -0.05) is 6.08 Å². The number of ether oxygens (including phenoxy) is 2. The van der Waals surface area contributed by atoms with Gasteiger partial charge in [0.25, 0.3) is 0 Å². The molecule has 1 heterocycles. The predicted octanol–water partition coefficient (Wildman–Crippen LogP) is 1.46. The minimum absolute atomic E-state index is 0.0695. The topological polar surface area (TPSA) is 50.9 Å². The number of epoxide rings is 1. The van der Waals surface area contributed by atoms with E-state index in [-0.39, 0.29) is 12.2 Å². The van der Waals surface area contributed by atoms with E-state index in [9.17, 15) is 4.79 Å². The second kappa shape index (κ2) is 4.00. The van der Waals surface area contributed by atoms with Gasteiger partial charge < -0.3 is 14.8 Å². The number of carbonyl (C=O) groups is 1. The molecule has 0 spiro atoms. The molecule has 1 aliphatic rings. The van der Waals surface area contributed by atoms with Crippen LogP contribution in [0.5, 0.6) is 0 Å². The van der Waals surface area contributed by atoms with Gasteiger partial charge in [0, 0.05) is 0 Å². The van der Waals surface area contributed by atoms with Crippen LogP contribution in [0.3, 0.4) is 0 Å². The van der Waals surface area contributed by atoms with Crippen molar-refractivity contribution in [2.75, 3.05) is 6.54 Å². The molecule has 1 N–H and O–H groups in total. The van der Waals surface area contributed by atoms with E-state index >= 15 is 0 Å². The van der Waals surface area contributed by atoms with Gasteiger partial charge in [0.05, 0.1) is 6.54 Å². The molecule has 2 atom stereocenters. The maximum absolute atomic E-state index is 11.2. The number of hydrogen-bond acceptors (Lipinski definition) is 3. The number of hydrogen-bond donors (Lipinski definition) is 1. The molecule has 0 aromatic rings. The zero-order chi connectivity index (χ0) is 10.8. The Balaban J connectivity index is 2.13. The maximum Gasteiger partial charge on any atom is 0.407 e. The van der Waals surface area contributed by atoms with Crippen LogP contribution in [0.4, 0.5) is 4.79 Å². The summed E-state index contributed by atoms with van der Waals surface area (Å²) in [5.74, 6) is 0. The molecule has 1 rings (SSSR count). The first kappa shape index (κ1) is 11.0. The smallest absolute Gasteiger partial charge is 0.407 e. The molecule has 80 valence electrons. The summed E-state index contributed by atoms with van der Waals surface area (Å²) in [4.78, 5) is 11.2. The third-order valence-corrected chi connectivity index (χ3v) is 1.70. The summed E-state index contributed by atoms with van der Waals surface area (Å²) < 4.78 is 10.2. The zero-order valence-corrected chi connectivity index (χ0v) is 8.87. The van der Waals surface area contributed by atoms with Gasteiger partial charge in [-0.15, -0.1) is 6.58 Å². The fourth-order valence-corrected chi connectivity index (χ4v) is 1.03. The first-order valence-electron chi connectivity index (χ1n) is 4.67. The summed E-state index contributed by atoms with van der Waals surface area (Å²) in [6.07, 6.45) is 1.47. The van der Waals surface area contributed by atoms with E-state index in [1.165, 1.54) is 0 Å². The Hall–Kier alpha value is -1.03. The third kappa shape index (κ3) is 3.79. The molecule has 4 nitrogen and oxygen atoms in total. The lowest BCUT2D eigenvalue weighted by Crippen LogP contribution is -2.34. The average molecular weight is 199 g/mol. The quantitative estimate of drug-likeness (QED) is 0.553. The van der Waals surface area contributed by atoms with Crippen LogP contribution in [0.25, 0.3) is 0 Å². The molecule has 0 bridgehead atoms. The SMILES string of the molecule is C=C[C@H]1O[C@H]1CNC(=O)OC(C)(C)C. The third-order valence-electron chi connectivity index (χ3n) is 1.70. The Morgan fingerprint density at radius 2 is 2.29 bits per heavy atom. The van der Waals surface area contributed by atoms with Crippen molar-refractivity contribution < 1.29 is 14.3 Å². The number of nitrogens with one attached hydrogen (secondary N) is 1. The molecule has 0 aliphatic carbocycles. The van der Waals surface area contributed by atoms with Crippen LogP contribution in [0.15, 0.2) is 12.7 Å². The second-order valence-electron chi connectivity index (χ2n) is 4.26. The van der Waals surface area contributed by atoms with Crippen LogP contribution >= 0.6 is 0 Å². The van der Waals surface area contributed by atoms with E-state index in [2.05, 4.69) is 11.9 Å². The molecule has 0 unspecified atom stereocenters. The fraction of sp³-hybridized carbons (Fsp3) is 0.700. The van der Waals surface area contributed by atoms with E-state index in [0.717, 1.165) is 0 Å². The van der Waals surface area contributed by atoms with Crippen molar-refractivity contribution in [1.82, 2.24) is 5.32 Å². The van der Waals surface area contributed by atoms with Crippen LogP contribution in [0, 0.1) is 0 Å². The summed E-state index contributed by atoms with van der Waals surface area (Å²) in [5.41, 5.74) is -0.452. The van der Waals surface area contributed by atoms with Gasteiger partial charge in [-0.25, -0.2) is 4.79 Å². The Bertz CT molecular complexity index is 232. The lowest BCUT2D eigenvalue weighted by Gasteiger charge is -2.19. The highest BCUT2D eigenvalue weighted by molar-refractivity contribution is 5.67. The molecule has 1 fully saturated rings. The normalized spacial score (nSPS) is 25.4. The largest absolute Gasteiger partial charge is 0.444 e. The van der Waals surface area contributed by atoms with Crippen LogP contribution in [0.1, 0.15) is 20.8 Å². The van der Waals surface area contributed by atoms with Crippen molar-refractivity contribution in [3.8, 4) is 0 Å². The van der Waals surface area contributed by atoms with Crippen molar-refractivity contribution in [2.24, 2.45) is 0 Å². The van der Waals surface area contributed by atoms with Gasteiger partial charge in [0.2, 0.25) is 0 Å². The van der Waals surface area contributed by atoms with Crippen LogP contribution in [-0.2, 0) is 9.47 Å². The summed E-state index contributed by atoms with van der Waals surface area (Å²) >= 11 is 0. The Labute approximate surface area is 84.3 Å². The van der Waals surface area contributed by atoms with E-state index in [4.69, 9.17) is 9.47 Å². The molecule has 0 radical (unpaired) electrons. The molecule has 1 saturated heterocycles. The van der Waals surface area contributed by atoms with E-state index in [1.807, 2.05) is 20.8 Å². The van der Waals surface area contributed by atoms with E-state index < -0.39 is 11.7 Å². The molecule has 0 saturated carbocycles. The van der Waals surface area contributed by atoms with E-state index in [0.29, 0.717) is 6.54 Å². The highest BCUT2D eigenvalue weighted by atomic mass is 16.6. The van der Waals surface area contributed by atoms with E-state index in [1.54, 1.807) is 6.08 Å². The molecule has 4 heteroatoms. The monoisotopic (exact) mass is 199 g/mol. The van der Waals surface area contributed by atoms with Gasteiger partial charge in [0.15, 0.2) is 0 Å². The van der Waals surface area contributed by atoms with Gasteiger partial charge >= 0.3 is 6.09 Å². The Kier molecular flexibility index (Phi) is 3.16. The van der Waals surface area contributed by atoms with Crippen molar-refractivity contribution in [3.63, 3.8) is 0 Å². The molecular formula is C10H17NO3. The van der Waals surface area contributed by atoms with Crippen molar-refractivity contribution in [1.29, 1.82) is 0 Å². The lowest BCUT2D eigenvalue weighted by molar-refractivity contribution is 0.0524. The van der Waals surface area contributed by atoms with Crippen LogP contribution in [0.2, 0.25) is 0 Å². The highest BCUT2D eigenvalue weighted by Gasteiger charge is 2.36. The van der Waals surface area contributed by atoms with Crippen molar-refractivity contribution in [3.05, 3.63) is 12.7 Å². The highest BCUT2D eigenvalue weighted by Crippen LogP contribution is 2.21. The number of rotatable bonds is 3. The molecular weight excluding hydrogens is 182 g/mol. The molecule has 14 heavy (non-hydrogen) atoms. The molecule has 0 aromatic carbocycles. The molecule has 0 aromatic heterocycles. The first-order chi connectivity index (χ1) is 6.42. The summed E-state index contributed by atoms with van der Waals surface area (Å²) in [7, 11) is 0. The maximum atomic E-state index is 11.2. The minimum Gasteiger partial charge on any atom is -0.444 e. The summed E-state index contributed by atoms with van der Waals surface area (Å²) in [6.45, 7) is 9.55. The lowest BCUT2D eigenvalue weighted by atomic mass is 10.2. The number of alkyl carbamates (subject to hydrolysis) is 1. The van der Waals surface area contributed by atoms with Crippen molar-refractivity contribution in [2.45, 2.75) is 38.6 Å². The van der Waals surface area contributed by atoms with Gasteiger partial charge in [0.1, 0.15) is 17.8 Å². The fourth-order valence-electron chi connectivity index (χ4n) is 1.03. The summed E-state index contributed by atoms with van der Waals surface area (Å²) in [6, 6.07) is 0.